The van der Waals surface area contributed by atoms with Gasteiger partial charge in [-0.1, -0.05) is 12.1 Å². The Labute approximate surface area is 111 Å². The van der Waals surface area contributed by atoms with E-state index in [1.807, 2.05) is 6.07 Å². The molecular weight excluding hydrogens is 246 g/mol. The number of rotatable bonds is 4. The molecule has 1 aliphatic rings. The van der Waals surface area contributed by atoms with Crippen molar-refractivity contribution in [3.05, 3.63) is 29.8 Å². The first-order chi connectivity index (χ1) is 9.26. The summed E-state index contributed by atoms with van der Waals surface area (Å²) >= 11 is 0. The standard InChI is InChI=1S/C14H15NO4/c1-17-11-4-2-3-10(7-11)12(8-15)14(16)13-9-18-5-6-19-13/h2-4,7,12-13H,5-6,9H2,1H3. The van der Waals surface area contributed by atoms with E-state index in [0.717, 1.165) is 0 Å². The molecule has 0 spiro atoms. The second-order valence-electron chi connectivity index (χ2n) is 4.18. The van der Waals surface area contributed by atoms with Crippen LogP contribution in [-0.4, -0.2) is 38.8 Å². The molecule has 1 fully saturated rings. The summed E-state index contributed by atoms with van der Waals surface area (Å²) in [5.74, 6) is -0.511. The fourth-order valence-corrected chi connectivity index (χ4v) is 1.96. The number of methoxy groups -OCH3 is 1. The van der Waals surface area contributed by atoms with Crippen molar-refractivity contribution in [3.8, 4) is 11.8 Å². The Bertz CT molecular complexity index is 488. The third-order valence-corrected chi connectivity index (χ3v) is 2.97. The molecule has 1 heterocycles. The first-order valence-electron chi connectivity index (χ1n) is 6.03. The summed E-state index contributed by atoms with van der Waals surface area (Å²) in [6.07, 6.45) is -0.662. The van der Waals surface area contributed by atoms with Gasteiger partial charge in [0.15, 0.2) is 5.78 Å². The van der Waals surface area contributed by atoms with Crippen LogP contribution in [0.3, 0.4) is 0 Å². The zero-order valence-corrected chi connectivity index (χ0v) is 10.7. The van der Waals surface area contributed by atoms with Gasteiger partial charge in [0.2, 0.25) is 0 Å². The lowest BCUT2D eigenvalue weighted by Crippen LogP contribution is -2.38. The number of carbonyl (C=O) groups is 1. The largest absolute Gasteiger partial charge is 0.497 e. The van der Waals surface area contributed by atoms with Gasteiger partial charge in [0.25, 0.3) is 0 Å². The maximum Gasteiger partial charge on any atom is 0.185 e. The van der Waals surface area contributed by atoms with Crippen LogP contribution in [0, 0.1) is 11.3 Å². The predicted molar refractivity (Wildman–Crippen MR) is 66.9 cm³/mol. The molecule has 1 saturated heterocycles. The van der Waals surface area contributed by atoms with Crippen LogP contribution >= 0.6 is 0 Å². The Morgan fingerprint density at radius 3 is 3.00 bits per heavy atom. The topological polar surface area (TPSA) is 68.5 Å². The van der Waals surface area contributed by atoms with E-state index in [2.05, 4.69) is 0 Å². The molecule has 0 aromatic heterocycles. The van der Waals surface area contributed by atoms with Gasteiger partial charge in [0.05, 0.1) is 33.0 Å². The highest BCUT2D eigenvalue weighted by Crippen LogP contribution is 2.23. The van der Waals surface area contributed by atoms with Gasteiger partial charge in [-0.25, -0.2) is 0 Å². The third-order valence-electron chi connectivity index (χ3n) is 2.97. The quantitative estimate of drug-likeness (QED) is 0.816. The number of carbonyl (C=O) groups excluding carboxylic acids is 1. The number of ketones is 1. The van der Waals surface area contributed by atoms with Crippen molar-refractivity contribution in [2.24, 2.45) is 0 Å². The van der Waals surface area contributed by atoms with Crippen LogP contribution in [0.4, 0.5) is 0 Å². The Morgan fingerprint density at radius 2 is 2.37 bits per heavy atom. The van der Waals surface area contributed by atoms with E-state index in [-0.39, 0.29) is 12.4 Å². The molecule has 0 N–H and O–H groups in total. The highest BCUT2D eigenvalue weighted by atomic mass is 16.6. The molecule has 2 rings (SSSR count). The summed E-state index contributed by atoms with van der Waals surface area (Å²) in [4.78, 5) is 12.3. The molecule has 1 aromatic rings. The maximum absolute atomic E-state index is 12.3. The van der Waals surface area contributed by atoms with Crippen LogP contribution < -0.4 is 4.74 Å². The van der Waals surface area contributed by atoms with Crippen molar-refractivity contribution >= 4 is 5.78 Å². The molecular formula is C14H15NO4. The second-order valence-corrected chi connectivity index (χ2v) is 4.18. The van der Waals surface area contributed by atoms with Gasteiger partial charge in [-0.15, -0.1) is 0 Å². The molecule has 5 heteroatoms. The van der Waals surface area contributed by atoms with Crippen molar-refractivity contribution < 1.29 is 19.0 Å². The Morgan fingerprint density at radius 1 is 1.53 bits per heavy atom. The SMILES string of the molecule is COc1cccc(C(C#N)C(=O)C2COCCO2)c1. The average molecular weight is 261 g/mol. The predicted octanol–water partition coefficient (Wildman–Crippen LogP) is 1.29. The van der Waals surface area contributed by atoms with Crippen molar-refractivity contribution in [2.45, 2.75) is 12.0 Å². The molecule has 1 aliphatic heterocycles. The molecule has 100 valence electrons. The molecule has 2 unspecified atom stereocenters. The van der Waals surface area contributed by atoms with Crippen LogP contribution in [0.25, 0.3) is 0 Å². The van der Waals surface area contributed by atoms with Crippen LogP contribution in [0.1, 0.15) is 11.5 Å². The van der Waals surface area contributed by atoms with Crippen LogP contribution in [0.2, 0.25) is 0 Å². The summed E-state index contributed by atoms with van der Waals surface area (Å²) in [5.41, 5.74) is 0.612. The normalized spacial score (nSPS) is 20.3. The number of benzene rings is 1. The molecule has 0 amide bonds. The van der Waals surface area contributed by atoms with Crippen LogP contribution in [-0.2, 0) is 14.3 Å². The minimum absolute atomic E-state index is 0.209. The van der Waals surface area contributed by atoms with E-state index in [1.54, 1.807) is 31.4 Å². The lowest BCUT2D eigenvalue weighted by molar-refractivity contribution is -0.145. The fourth-order valence-electron chi connectivity index (χ4n) is 1.96. The zero-order chi connectivity index (χ0) is 13.7. The Kier molecular flexibility index (Phi) is 4.50. The summed E-state index contributed by atoms with van der Waals surface area (Å²) in [7, 11) is 1.54. The summed E-state index contributed by atoms with van der Waals surface area (Å²) in [5, 5.41) is 9.24. The Balaban J connectivity index is 2.18. The van der Waals surface area contributed by atoms with Gasteiger partial charge in [-0.2, -0.15) is 5.26 Å². The van der Waals surface area contributed by atoms with E-state index in [0.29, 0.717) is 24.5 Å². The van der Waals surface area contributed by atoms with Crippen molar-refractivity contribution in [2.75, 3.05) is 26.9 Å². The van der Waals surface area contributed by atoms with E-state index in [4.69, 9.17) is 14.2 Å². The average Bonchev–Trinajstić information content (AvgIpc) is 2.49. The smallest absolute Gasteiger partial charge is 0.185 e. The number of Topliss-reactive ketones (excluding diaryl/α,β-unsaturated/α-hetero) is 1. The van der Waals surface area contributed by atoms with Gasteiger partial charge in [0.1, 0.15) is 17.8 Å². The number of nitrogens with zero attached hydrogens (tertiary/aromatic N) is 1. The number of hydrogen-bond donors (Lipinski definition) is 0. The van der Waals surface area contributed by atoms with Crippen molar-refractivity contribution in [1.29, 1.82) is 5.26 Å². The minimum atomic E-state index is -0.859. The molecule has 19 heavy (non-hydrogen) atoms. The molecule has 0 bridgehead atoms. The summed E-state index contributed by atoms with van der Waals surface area (Å²) in [6, 6.07) is 8.97. The first-order valence-corrected chi connectivity index (χ1v) is 6.03. The molecule has 0 saturated carbocycles. The molecule has 1 aromatic carbocycles. The zero-order valence-electron chi connectivity index (χ0n) is 10.7. The number of hydrogen-bond acceptors (Lipinski definition) is 5. The van der Waals surface area contributed by atoms with E-state index < -0.39 is 12.0 Å². The maximum atomic E-state index is 12.3. The number of nitriles is 1. The van der Waals surface area contributed by atoms with Crippen LogP contribution in [0.15, 0.2) is 24.3 Å². The first kappa shape index (κ1) is 13.5. The lowest BCUT2D eigenvalue weighted by Gasteiger charge is -2.23. The van der Waals surface area contributed by atoms with Gasteiger partial charge in [-0.3, -0.25) is 4.79 Å². The highest BCUT2D eigenvalue weighted by Gasteiger charge is 2.31. The van der Waals surface area contributed by atoms with E-state index in [1.165, 1.54) is 0 Å². The molecule has 0 radical (unpaired) electrons. The van der Waals surface area contributed by atoms with Gasteiger partial charge in [-0.05, 0) is 17.7 Å². The number of ether oxygens (including phenoxy) is 3. The summed E-state index contributed by atoms with van der Waals surface area (Å²) in [6.45, 7) is 1.08. The highest BCUT2D eigenvalue weighted by molar-refractivity contribution is 5.92. The molecule has 0 aliphatic carbocycles. The van der Waals surface area contributed by atoms with Crippen LogP contribution in [0.5, 0.6) is 5.75 Å². The van der Waals surface area contributed by atoms with Crippen molar-refractivity contribution in [3.63, 3.8) is 0 Å². The van der Waals surface area contributed by atoms with E-state index >= 15 is 0 Å². The fraction of sp³-hybridized carbons (Fsp3) is 0.429. The van der Waals surface area contributed by atoms with Gasteiger partial charge in [0, 0.05) is 0 Å². The van der Waals surface area contributed by atoms with Gasteiger partial charge < -0.3 is 14.2 Å². The van der Waals surface area contributed by atoms with E-state index in [9.17, 15) is 10.1 Å². The second kappa shape index (κ2) is 6.32. The molecule has 5 nitrogen and oxygen atoms in total. The Hall–Kier alpha value is -1.90. The summed E-state index contributed by atoms with van der Waals surface area (Å²) < 4.78 is 15.6. The van der Waals surface area contributed by atoms with Crippen molar-refractivity contribution in [1.82, 2.24) is 0 Å². The van der Waals surface area contributed by atoms with Gasteiger partial charge >= 0.3 is 0 Å². The minimum Gasteiger partial charge on any atom is -0.497 e. The monoisotopic (exact) mass is 261 g/mol. The lowest BCUT2D eigenvalue weighted by atomic mass is 9.93. The third kappa shape index (κ3) is 3.11. The molecule has 2 atom stereocenters.